The first kappa shape index (κ1) is 17.4. The molecule has 2 unspecified atom stereocenters. The van der Waals surface area contributed by atoms with Gasteiger partial charge in [0.2, 0.25) is 5.91 Å². The summed E-state index contributed by atoms with van der Waals surface area (Å²) in [5.74, 6) is -1.98. The van der Waals surface area contributed by atoms with Gasteiger partial charge in [0.05, 0.1) is 13.0 Å². The van der Waals surface area contributed by atoms with Gasteiger partial charge >= 0.3 is 11.9 Å². The fourth-order valence-corrected chi connectivity index (χ4v) is 1.17. The zero-order chi connectivity index (χ0) is 15.0. The minimum Gasteiger partial charge on any atom is -0.480 e. The summed E-state index contributed by atoms with van der Waals surface area (Å²) < 4.78 is 4.97. The third-order valence-corrected chi connectivity index (χ3v) is 2.39. The number of carbonyl (C=O) groups excluding carboxylic acids is 2. The van der Waals surface area contributed by atoms with Crippen LogP contribution in [0.1, 0.15) is 33.6 Å². The van der Waals surface area contributed by atoms with E-state index in [-0.39, 0.29) is 6.42 Å². The number of hydrogen-bond acceptors (Lipinski definition) is 5. The molecule has 4 N–H and O–H groups in total. The monoisotopic (exact) mass is 274 g/mol. The average Bonchev–Trinajstić information content (AvgIpc) is 2.27. The molecular weight excluding hydrogens is 252 g/mol. The van der Waals surface area contributed by atoms with E-state index in [0.29, 0.717) is 12.5 Å². The Bertz CT molecular complexity index is 330. The lowest BCUT2D eigenvalue weighted by molar-refractivity contribution is -0.147. The predicted molar refractivity (Wildman–Crippen MR) is 68.2 cm³/mol. The minimum absolute atomic E-state index is 0.297. The number of rotatable bonds is 8. The van der Waals surface area contributed by atoms with Gasteiger partial charge in [-0.15, -0.1) is 0 Å². The van der Waals surface area contributed by atoms with E-state index in [1.165, 1.54) is 6.92 Å². The second-order valence-electron chi connectivity index (χ2n) is 4.79. The largest absolute Gasteiger partial charge is 0.480 e. The molecule has 7 nitrogen and oxygen atoms in total. The highest BCUT2D eigenvalue weighted by Gasteiger charge is 2.21. The molecule has 0 aromatic carbocycles. The first-order valence-electron chi connectivity index (χ1n) is 6.18. The number of esters is 1. The highest BCUT2D eigenvalue weighted by Crippen LogP contribution is 2.00. The Kier molecular flexibility index (Phi) is 7.74. The molecule has 0 aromatic rings. The Morgan fingerprint density at radius 1 is 1.26 bits per heavy atom. The maximum atomic E-state index is 11.5. The van der Waals surface area contributed by atoms with Crippen molar-refractivity contribution in [2.75, 3.05) is 6.61 Å². The van der Waals surface area contributed by atoms with Gasteiger partial charge in [-0.1, -0.05) is 13.8 Å². The van der Waals surface area contributed by atoms with E-state index in [9.17, 15) is 14.4 Å². The maximum absolute atomic E-state index is 11.5. The van der Waals surface area contributed by atoms with Gasteiger partial charge in [0, 0.05) is 0 Å². The number of carboxylic acids is 1. The minimum atomic E-state index is -1.27. The number of carboxylic acid groups (broad SMARTS) is 1. The summed E-state index contributed by atoms with van der Waals surface area (Å²) in [4.78, 5) is 33.4. The molecule has 0 aliphatic rings. The highest BCUT2D eigenvalue weighted by molar-refractivity contribution is 5.87. The van der Waals surface area contributed by atoms with Crippen LogP contribution in [0.5, 0.6) is 0 Å². The van der Waals surface area contributed by atoms with Crippen molar-refractivity contribution in [2.24, 2.45) is 11.7 Å². The lowest BCUT2D eigenvalue weighted by atomic mass is 10.1. The number of aliphatic carboxylic acids is 1. The van der Waals surface area contributed by atoms with Crippen LogP contribution in [0.25, 0.3) is 0 Å². The van der Waals surface area contributed by atoms with E-state index in [4.69, 9.17) is 15.6 Å². The third kappa shape index (κ3) is 8.15. The van der Waals surface area contributed by atoms with E-state index in [2.05, 4.69) is 5.32 Å². The Morgan fingerprint density at radius 3 is 2.32 bits per heavy atom. The first-order valence-corrected chi connectivity index (χ1v) is 6.18. The lowest BCUT2D eigenvalue weighted by Crippen LogP contribution is -2.43. The molecule has 0 saturated carbocycles. The molecule has 1 amide bonds. The van der Waals surface area contributed by atoms with Crippen molar-refractivity contribution in [2.45, 2.75) is 45.7 Å². The Labute approximate surface area is 112 Å². The first-order chi connectivity index (χ1) is 8.73. The molecule has 0 spiro atoms. The van der Waals surface area contributed by atoms with Gasteiger partial charge < -0.3 is 20.9 Å². The fourth-order valence-electron chi connectivity index (χ4n) is 1.17. The van der Waals surface area contributed by atoms with Crippen LogP contribution in [0.2, 0.25) is 0 Å². The number of carbonyl (C=O) groups is 3. The van der Waals surface area contributed by atoms with Crippen molar-refractivity contribution in [3.05, 3.63) is 0 Å². The average molecular weight is 274 g/mol. The molecular formula is C12H22N2O5. The molecule has 19 heavy (non-hydrogen) atoms. The van der Waals surface area contributed by atoms with E-state index < -0.39 is 29.9 Å². The van der Waals surface area contributed by atoms with Gasteiger partial charge in [0.15, 0.2) is 0 Å². The fraction of sp³-hybridized carbons (Fsp3) is 0.750. The van der Waals surface area contributed by atoms with Gasteiger partial charge in [0.1, 0.15) is 12.1 Å². The van der Waals surface area contributed by atoms with Crippen LogP contribution in [-0.2, 0) is 19.1 Å². The predicted octanol–water partition coefficient (Wildman–Crippen LogP) is -0.118. The quantitative estimate of drug-likeness (QED) is 0.531. The second-order valence-corrected chi connectivity index (χ2v) is 4.79. The molecule has 2 atom stereocenters. The second kappa shape index (κ2) is 8.47. The van der Waals surface area contributed by atoms with Crippen LogP contribution < -0.4 is 11.1 Å². The molecule has 0 aromatic heterocycles. The van der Waals surface area contributed by atoms with Gasteiger partial charge in [-0.05, 0) is 19.3 Å². The number of nitrogens with one attached hydrogen (secondary N) is 1. The molecule has 0 aliphatic carbocycles. The Balaban J connectivity index is 4.01. The van der Waals surface area contributed by atoms with Crippen LogP contribution in [0, 0.1) is 5.92 Å². The van der Waals surface area contributed by atoms with Gasteiger partial charge in [-0.2, -0.15) is 0 Å². The maximum Gasteiger partial charge on any atom is 0.328 e. The summed E-state index contributed by atoms with van der Waals surface area (Å²) in [5, 5.41) is 10.9. The standard InChI is InChI=1S/C12H22N2O5/c1-7(2)4-5-19-12(18)8(3)14-10(15)6-9(13)11(16)17/h7-9H,4-6,13H2,1-3H3,(H,14,15)(H,16,17). The number of ether oxygens (including phenoxy) is 1. The van der Waals surface area contributed by atoms with Gasteiger partial charge in [-0.3, -0.25) is 9.59 Å². The normalized spacial score (nSPS) is 13.7. The van der Waals surface area contributed by atoms with Gasteiger partial charge in [0.25, 0.3) is 0 Å². The van der Waals surface area contributed by atoms with Crippen molar-refractivity contribution in [1.29, 1.82) is 0 Å². The van der Waals surface area contributed by atoms with Crippen LogP contribution in [0.15, 0.2) is 0 Å². The molecule has 110 valence electrons. The Morgan fingerprint density at radius 2 is 1.84 bits per heavy atom. The molecule has 0 radical (unpaired) electrons. The summed E-state index contributed by atoms with van der Waals surface area (Å²) in [6, 6.07) is -2.09. The van der Waals surface area contributed by atoms with Crippen molar-refractivity contribution >= 4 is 17.8 Å². The van der Waals surface area contributed by atoms with E-state index >= 15 is 0 Å². The van der Waals surface area contributed by atoms with E-state index in [1.807, 2.05) is 13.8 Å². The summed E-state index contributed by atoms with van der Waals surface area (Å²) in [6.45, 7) is 5.78. The van der Waals surface area contributed by atoms with Crippen LogP contribution in [-0.4, -0.2) is 41.6 Å². The van der Waals surface area contributed by atoms with Crippen LogP contribution >= 0.6 is 0 Å². The molecule has 0 fully saturated rings. The van der Waals surface area contributed by atoms with Gasteiger partial charge in [-0.25, -0.2) is 4.79 Å². The molecule has 0 saturated heterocycles. The Hall–Kier alpha value is -1.63. The topological polar surface area (TPSA) is 119 Å². The smallest absolute Gasteiger partial charge is 0.328 e. The SMILES string of the molecule is CC(C)CCOC(=O)C(C)NC(=O)CC(N)C(=O)O. The summed E-state index contributed by atoms with van der Waals surface area (Å²) in [5.41, 5.74) is 5.21. The number of nitrogens with two attached hydrogens (primary N) is 1. The molecule has 0 aliphatic heterocycles. The lowest BCUT2D eigenvalue weighted by Gasteiger charge is -2.14. The van der Waals surface area contributed by atoms with Crippen LogP contribution in [0.4, 0.5) is 0 Å². The third-order valence-electron chi connectivity index (χ3n) is 2.39. The van der Waals surface area contributed by atoms with E-state index in [0.717, 1.165) is 6.42 Å². The zero-order valence-corrected chi connectivity index (χ0v) is 11.5. The number of hydrogen-bond donors (Lipinski definition) is 3. The molecule has 7 heteroatoms. The van der Waals surface area contributed by atoms with Crippen LogP contribution in [0.3, 0.4) is 0 Å². The van der Waals surface area contributed by atoms with Crippen molar-refractivity contribution < 1.29 is 24.2 Å². The molecule has 0 heterocycles. The van der Waals surface area contributed by atoms with Crippen molar-refractivity contribution in [3.8, 4) is 0 Å². The summed E-state index contributed by atoms with van der Waals surface area (Å²) in [7, 11) is 0. The highest BCUT2D eigenvalue weighted by atomic mass is 16.5. The molecule has 0 rings (SSSR count). The summed E-state index contributed by atoms with van der Waals surface area (Å²) in [6.07, 6.45) is 0.370. The van der Waals surface area contributed by atoms with Crippen molar-refractivity contribution in [3.63, 3.8) is 0 Å². The molecule has 0 bridgehead atoms. The zero-order valence-electron chi connectivity index (χ0n) is 11.5. The van der Waals surface area contributed by atoms with Crippen molar-refractivity contribution in [1.82, 2.24) is 5.32 Å². The summed E-state index contributed by atoms with van der Waals surface area (Å²) >= 11 is 0. The number of amides is 1. The van der Waals surface area contributed by atoms with E-state index in [1.54, 1.807) is 0 Å².